The lowest BCUT2D eigenvalue weighted by atomic mass is 10.1. The van der Waals surface area contributed by atoms with Gasteiger partial charge < -0.3 is 15.1 Å². The Labute approximate surface area is 173 Å². The van der Waals surface area contributed by atoms with E-state index in [1.165, 1.54) is 0 Å². The van der Waals surface area contributed by atoms with Gasteiger partial charge in [0.25, 0.3) is 5.91 Å². The van der Waals surface area contributed by atoms with Gasteiger partial charge in [0.15, 0.2) is 0 Å². The Morgan fingerprint density at radius 1 is 1.21 bits per heavy atom. The highest BCUT2D eigenvalue weighted by Crippen LogP contribution is 2.16. The fourth-order valence-electron chi connectivity index (χ4n) is 3.85. The van der Waals surface area contributed by atoms with E-state index in [0.717, 1.165) is 52.1 Å². The Morgan fingerprint density at radius 3 is 2.54 bits per heavy atom. The lowest BCUT2D eigenvalue weighted by Gasteiger charge is -2.35. The normalized spacial score (nSPS) is 20.5. The molecule has 0 radical (unpaired) electrons. The predicted molar refractivity (Wildman–Crippen MR) is 111 cm³/mol. The zero-order valence-electron chi connectivity index (χ0n) is 17.0. The Bertz CT molecular complexity index is 634. The molecule has 2 amide bonds. The molecule has 1 aromatic heterocycles. The fraction of sp³-hybridized carbons (Fsp3) is 0.737. The van der Waals surface area contributed by atoms with Crippen LogP contribution in [0.15, 0.2) is 12.3 Å². The van der Waals surface area contributed by atoms with Gasteiger partial charge >= 0.3 is 0 Å². The number of hydrogen-bond donors (Lipinski definition) is 1. The van der Waals surface area contributed by atoms with E-state index in [-0.39, 0.29) is 24.2 Å². The van der Waals surface area contributed by atoms with Gasteiger partial charge in [-0.05, 0) is 39.3 Å². The molecule has 0 spiro atoms. The molecule has 2 aliphatic heterocycles. The minimum absolute atomic E-state index is 0. The van der Waals surface area contributed by atoms with Crippen molar-refractivity contribution in [1.29, 1.82) is 0 Å². The Hall–Kier alpha value is -1.64. The molecule has 8 nitrogen and oxygen atoms in total. The van der Waals surface area contributed by atoms with Crippen molar-refractivity contribution in [2.45, 2.75) is 32.7 Å². The topological polar surface area (TPSA) is 73.7 Å². The highest BCUT2D eigenvalue weighted by atomic mass is 35.5. The fourth-order valence-corrected chi connectivity index (χ4v) is 3.85. The number of piperazine rings is 1. The van der Waals surface area contributed by atoms with Crippen LogP contribution in [0.5, 0.6) is 0 Å². The molecule has 1 aromatic rings. The number of nitrogens with zero attached hydrogens (tertiary/aromatic N) is 5. The number of rotatable bonds is 6. The molecule has 1 atom stereocenters. The smallest absolute Gasteiger partial charge is 0.274 e. The van der Waals surface area contributed by atoms with Gasteiger partial charge in [0.05, 0.1) is 12.6 Å². The number of amides is 2. The Morgan fingerprint density at radius 2 is 1.93 bits per heavy atom. The summed E-state index contributed by atoms with van der Waals surface area (Å²) in [5, 5.41) is 7.91. The minimum atomic E-state index is -0.00719. The second-order valence-electron chi connectivity index (χ2n) is 7.32. The standard InChI is InChI=1S/C19H32N6O2.ClH/c1-3-23(4-2)18(26)15-22-10-12-24(13-11-22)19(27)17-7-9-25(21-17)16-6-5-8-20-14-16;/h7,9,16,20H,3-6,8,10-15H2,1-2H3;1H. The number of nitrogens with one attached hydrogen (secondary N) is 1. The van der Waals surface area contributed by atoms with E-state index in [0.29, 0.717) is 31.4 Å². The second-order valence-corrected chi connectivity index (χ2v) is 7.32. The summed E-state index contributed by atoms with van der Waals surface area (Å²) in [6.07, 6.45) is 4.16. The molecule has 158 valence electrons. The van der Waals surface area contributed by atoms with Gasteiger partial charge in [-0.1, -0.05) is 0 Å². The molecule has 2 saturated heterocycles. The zero-order valence-corrected chi connectivity index (χ0v) is 17.8. The molecule has 9 heteroatoms. The average molecular weight is 413 g/mol. The van der Waals surface area contributed by atoms with Crippen molar-refractivity contribution in [1.82, 2.24) is 29.8 Å². The number of likely N-dealkylation sites (N-methyl/N-ethyl adjacent to an activating group) is 1. The zero-order chi connectivity index (χ0) is 19.2. The molecule has 28 heavy (non-hydrogen) atoms. The van der Waals surface area contributed by atoms with E-state index >= 15 is 0 Å². The third-order valence-corrected chi connectivity index (χ3v) is 5.61. The van der Waals surface area contributed by atoms with Crippen LogP contribution in [0.3, 0.4) is 0 Å². The van der Waals surface area contributed by atoms with Crippen LogP contribution in [0.1, 0.15) is 43.2 Å². The molecule has 0 aromatic carbocycles. The molecule has 0 bridgehead atoms. The second kappa shape index (κ2) is 10.8. The van der Waals surface area contributed by atoms with Crippen LogP contribution in [-0.4, -0.2) is 95.2 Å². The van der Waals surface area contributed by atoms with Crippen molar-refractivity contribution in [2.24, 2.45) is 0 Å². The maximum Gasteiger partial charge on any atom is 0.274 e. The molecular formula is C19H33ClN6O2. The predicted octanol–water partition coefficient (Wildman–Crippen LogP) is 0.856. The first-order valence-corrected chi connectivity index (χ1v) is 10.2. The minimum Gasteiger partial charge on any atom is -0.342 e. The monoisotopic (exact) mass is 412 g/mol. The summed E-state index contributed by atoms with van der Waals surface area (Å²) in [7, 11) is 0. The summed E-state index contributed by atoms with van der Waals surface area (Å²) in [4.78, 5) is 30.9. The van der Waals surface area contributed by atoms with Gasteiger partial charge in [0.1, 0.15) is 5.69 Å². The summed E-state index contributed by atoms with van der Waals surface area (Å²) in [6.45, 7) is 10.6. The van der Waals surface area contributed by atoms with Gasteiger partial charge in [0, 0.05) is 52.0 Å². The molecule has 2 fully saturated rings. The Kier molecular flexibility index (Phi) is 8.72. The van der Waals surface area contributed by atoms with E-state index in [1.807, 2.05) is 40.6 Å². The molecule has 3 heterocycles. The summed E-state index contributed by atoms with van der Waals surface area (Å²) in [5.74, 6) is 0.159. The van der Waals surface area contributed by atoms with Crippen LogP contribution in [0.4, 0.5) is 0 Å². The first-order chi connectivity index (χ1) is 13.1. The summed E-state index contributed by atoms with van der Waals surface area (Å²) >= 11 is 0. The van der Waals surface area contributed by atoms with Gasteiger partial charge in [-0.2, -0.15) is 5.10 Å². The van der Waals surface area contributed by atoms with Crippen LogP contribution in [0.25, 0.3) is 0 Å². The van der Waals surface area contributed by atoms with E-state index in [2.05, 4.69) is 15.3 Å². The van der Waals surface area contributed by atoms with Crippen molar-refractivity contribution in [3.05, 3.63) is 18.0 Å². The highest BCUT2D eigenvalue weighted by molar-refractivity contribution is 5.92. The number of hydrogen-bond acceptors (Lipinski definition) is 5. The first kappa shape index (κ1) is 22.6. The molecule has 1 N–H and O–H groups in total. The maximum atomic E-state index is 12.8. The van der Waals surface area contributed by atoms with Crippen LogP contribution < -0.4 is 5.32 Å². The quantitative estimate of drug-likeness (QED) is 0.750. The number of carbonyl (C=O) groups excluding carboxylic acids is 2. The van der Waals surface area contributed by atoms with Crippen LogP contribution in [-0.2, 0) is 4.79 Å². The van der Waals surface area contributed by atoms with Crippen LogP contribution in [0.2, 0.25) is 0 Å². The van der Waals surface area contributed by atoms with Crippen molar-refractivity contribution >= 4 is 24.2 Å². The maximum absolute atomic E-state index is 12.8. The Balaban J connectivity index is 0.00000280. The lowest BCUT2D eigenvalue weighted by molar-refractivity contribution is -0.132. The van der Waals surface area contributed by atoms with Crippen LogP contribution in [0, 0.1) is 0 Å². The molecule has 2 aliphatic rings. The third-order valence-electron chi connectivity index (χ3n) is 5.61. The van der Waals surface area contributed by atoms with Gasteiger partial charge in [0.2, 0.25) is 5.91 Å². The number of carbonyl (C=O) groups is 2. The van der Waals surface area contributed by atoms with Crippen molar-refractivity contribution in [3.8, 4) is 0 Å². The molecular weight excluding hydrogens is 380 g/mol. The van der Waals surface area contributed by atoms with E-state index in [4.69, 9.17) is 0 Å². The molecule has 1 unspecified atom stereocenters. The summed E-state index contributed by atoms with van der Waals surface area (Å²) in [6, 6.07) is 2.16. The van der Waals surface area contributed by atoms with Gasteiger partial charge in [-0.25, -0.2) is 0 Å². The SMILES string of the molecule is CCN(CC)C(=O)CN1CCN(C(=O)c2ccn(C3CCCNC3)n2)CC1.Cl. The van der Waals surface area contributed by atoms with Crippen molar-refractivity contribution in [2.75, 3.05) is 58.9 Å². The highest BCUT2D eigenvalue weighted by Gasteiger charge is 2.26. The van der Waals surface area contributed by atoms with E-state index < -0.39 is 0 Å². The largest absolute Gasteiger partial charge is 0.342 e. The van der Waals surface area contributed by atoms with Gasteiger partial charge in [-0.15, -0.1) is 12.4 Å². The first-order valence-electron chi connectivity index (χ1n) is 10.2. The third kappa shape index (κ3) is 5.46. The van der Waals surface area contributed by atoms with Crippen LogP contribution >= 0.6 is 12.4 Å². The summed E-state index contributed by atoms with van der Waals surface area (Å²) in [5.41, 5.74) is 0.522. The van der Waals surface area contributed by atoms with E-state index in [1.54, 1.807) is 0 Å². The summed E-state index contributed by atoms with van der Waals surface area (Å²) < 4.78 is 1.93. The number of aromatic nitrogens is 2. The molecule has 0 saturated carbocycles. The average Bonchev–Trinajstić information content (AvgIpc) is 3.20. The van der Waals surface area contributed by atoms with Gasteiger partial charge in [-0.3, -0.25) is 19.2 Å². The van der Waals surface area contributed by atoms with Crippen molar-refractivity contribution < 1.29 is 9.59 Å². The molecule has 3 rings (SSSR count). The molecule has 0 aliphatic carbocycles. The van der Waals surface area contributed by atoms with E-state index in [9.17, 15) is 9.59 Å². The number of piperidine rings is 1. The number of halogens is 1. The van der Waals surface area contributed by atoms with Crippen molar-refractivity contribution in [3.63, 3.8) is 0 Å². The lowest BCUT2D eigenvalue weighted by Crippen LogP contribution is -2.51.